The van der Waals surface area contributed by atoms with Crippen LogP contribution in [0.2, 0.25) is 0 Å². The summed E-state index contributed by atoms with van der Waals surface area (Å²) in [6.07, 6.45) is 12.1. The predicted molar refractivity (Wildman–Crippen MR) is 117 cm³/mol. The van der Waals surface area contributed by atoms with Crippen LogP contribution < -0.4 is 0 Å². The minimum atomic E-state index is -1.50. The molecule has 1 aliphatic carbocycles. The minimum absolute atomic E-state index is 0.149. The summed E-state index contributed by atoms with van der Waals surface area (Å²) in [5.74, 6) is 0.576. The van der Waals surface area contributed by atoms with Gasteiger partial charge in [-0.2, -0.15) is 0 Å². The van der Waals surface area contributed by atoms with Gasteiger partial charge in [0.05, 0.1) is 12.3 Å². The molecule has 2 aromatic rings. The van der Waals surface area contributed by atoms with E-state index in [1.807, 2.05) is 47.2 Å². The van der Waals surface area contributed by atoms with E-state index in [4.69, 9.17) is 43.3 Å². The second-order valence-corrected chi connectivity index (χ2v) is 8.70. The van der Waals surface area contributed by atoms with Gasteiger partial charge in [0.2, 0.25) is 0 Å². The molecule has 1 aromatic heterocycles. The molecule has 156 valence electrons. The molecule has 1 heterocycles. The van der Waals surface area contributed by atoms with Gasteiger partial charge in [-0.1, -0.05) is 53.2 Å². The first kappa shape index (κ1) is 23.8. The first-order valence-corrected chi connectivity index (χ1v) is 10.9. The van der Waals surface area contributed by atoms with Crippen LogP contribution in [-0.4, -0.2) is 30.8 Å². The summed E-state index contributed by atoms with van der Waals surface area (Å²) in [6, 6.07) is 8.01. The number of allylic oxidation sites excluding steroid dienone is 2. The van der Waals surface area contributed by atoms with Crippen LogP contribution in [0.4, 0.5) is 0 Å². The summed E-state index contributed by atoms with van der Waals surface area (Å²) in [7, 11) is 0. The molecule has 0 saturated heterocycles. The third-order valence-corrected chi connectivity index (χ3v) is 6.42. The van der Waals surface area contributed by atoms with Crippen LogP contribution in [0.3, 0.4) is 0 Å². The van der Waals surface area contributed by atoms with Gasteiger partial charge in [-0.25, -0.2) is 4.98 Å². The maximum atomic E-state index is 8.36. The smallest absolute Gasteiger partial charge is 0.291 e. The Morgan fingerprint density at radius 3 is 2.79 bits per heavy atom. The zero-order chi connectivity index (χ0) is 21.3. The van der Waals surface area contributed by atoms with Crippen molar-refractivity contribution in [1.82, 2.24) is 9.55 Å². The molecular formula is C18H18BrCl2N3O4S. The maximum absolute atomic E-state index is 8.36. The summed E-state index contributed by atoms with van der Waals surface area (Å²) in [5.41, 5.74) is 0. The summed E-state index contributed by atoms with van der Waals surface area (Å²) in [4.78, 5) is 13.5. The number of ether oxygens (including phenoxy) is 1. The van der Waals surface area contributed by atoms with E-state index in [0.29, 0.717) is 11.0 Å². The van der Waals surface area contributed by atoms with Crippen molar-refractivity contribution in [1.29, 1.82) is 0 Å². The Balaban J connectivity index is 0.000000687. The lowest BCUT2D eigenvalue weighted by atomic mass is 9.98. The Hall–Kier alpha value is -1.52. The summed E-state index contributed by atoms with van der Waals surface area (Å²) < 4.78 is 8.92. The fraction of sp³-hybridized carbons (Fsp3) is 0.278. The van der Waals surface area contributed by atoms with Crippen molar-refractivity contribution in [3.63, 3.8) is 0 Å². The molecule has 0 bridgehead atoms. The van der Waals surface area contributed by atoms with E-state index < -0.39 is 10.1 Å². The number of nitrogens with zero attached hydrogens (tertiary/aromatic N) is 3. The molecule has 7 nitrogen and oxygen atoms in total. The normalized spacial score (nSPS) is 20.5. The number of hydrogen-bond donors (Lipinski definition) is 1. The summed E-state index contributed by atoms with van der Waals surface area (Å²) in [5, 5.41) is 13.4. The van der Waals surface area contributed by atoms with Crippen LogP contribution in [0.1, 0.15) is 6.42 Å². The van der Waals surface area contributed by atoms with Gasteiger partial charge in [0.1, 0.15) is 0 Å². The van der Waals surface area contributed by atoms with Crippen LogP contribution in [0.25, 0.3) is 0 Å². The molecule has 1 N–H and O–H groups in total. The first-order valence-electron chi connectivity index (χ1n) is 8.36. The van der Waals surface area contributed by atoms with E-state index in [9.17, 15) is 0 Å². The molecule has 0 spiro atoms. The molecule has 2 atom stereocenters. The highest BCUT2D eigenvalue weighted by atomic mass is 79.9. The van der Waals surface area contributed by atoms with Crippen molar-refractivity contribution in [3.8, 4) is 0 Å². The highest BCUT2D eigenvalue weighted by Gasteiger charge is 2.28. The monoisotopic (exact) mass is 521 g/mol. The number of thioether (sulfide) groups is 1. The summed E-state index contributed by atoms with van der Waals surface area (Å²) >= 11 is 18.1. The van der Waals surface area contributed by atoms with Gasteiger partial charge >= 0.3 is 0 Å². The van der Waals surface area contributed by atoms with E-state index in [-0.39, 0.29) is 5.92 Å². The third kappa shape index (κ3) is 8.39. The standard InChI is InChI=1S/C18H17BrCl2N2OS.HNO3/c19-15-3-1-2-4-17(15)25-13-24-18(21)7-5-14(16(20)11-18)6-9-23-10-8-22-12-23;2-1(3)4/h1-5,7-8,10-12,14H,6,9,13H2;(H,2,3,4). The number of aromatic nitrogens is 2. The lowest BCUT2D eigenvalue weighted by Crippen LogP contribution is -2.24. The molecule has 29 heavy (non-hydrogen) atoms. The number of benzene rings is 1. The Morgan fingerprint density at radius 2 is 2.17 bits per heavy atom. The van der Waals surface area contributed by atoms with Crippen molar-refractivity contribution in [2.24, 2.45) is 5.92 Å². The van der Waals surface area contributed by atoms with Crippen molar-refractivity contribution < 1.29 is 15.0 Å². The quantitative estimate of drug-likeness (QED) is 0.125. The molecule has 0 aliphatic heterocycles. The third-order valence-electron chi connectivity index (χ3n) is 3.83. The van der Waals surface area contributed by atoms with E-state index in [1.165, 1.54) is 0 Å². The fourth-order valence-electron chi connectivity index (χ4n) is 2.46. The van der Waals surface area contributed by atoms with Crippen LogP contribution in [-0.2, 0) is 11.3 Å². The molecule has 0 amide bonds. The van der Waals surface area contributed by atoms with Crippen molar-refractivity contribution in [2.75, 3.05) is 5.94 Å². The van der Waals surface area contributed by atoms with Crippen LogP contribution in [0.15, 0.2) is 75.6 Å². The molecule has 3 rings (SSSR count). The van der Waals surface area contributed by atoms with E-state index in [2.05, 4.69) is 20.9 Å². The Bertz CT molecular complexity index is 863. The number of alkyl halides is 1. The van der Waals surface area contributed by atoms with Gasteiger partial charge in [-0.15, -0.1) is 10.1 Å². The SMILES string of the molecule is ClC1=CC(Cl)(OCSc2ccccc2Br)C=CC1CCn1ccnc1.O=[N+]([O-])O. The van der Waals surface area contributed by atoms with Gasteiger partial charge < -0.3 is 14.5 Å². The Kier molecular flexibility index (Phi) is 9.51. The molecule has 1 aliphatic rings. The van der Waals surface area contributed by atoms with Crippen molar-refractivity contribution in [3.05, 3.63) is 80.8 Å². The topological polar surface area (TPSA) is 90.4 Å². The van der Waals surface area contributed by atoms with Gasteiger partial charge in [0.15, 0.2) is 5.06 Å². The maximum Gasteiger partial charge on any atom is 0.291 e. The first-order chi connectivity index (χ1) is 13.8. The second-order valence-electron chi connectivity index (χ2n) is 5.86. The predicted octanol–water partition coefficient (Wildman–Crippen LogP) is 5.70. The van der Waals surface area contributed by atoms with E-state index in [0.717, 1.165) is 22.3 Å². The molecule has 11 heteroatoms. The molecule has 1 aromatic carbocycles. The average molecular weight is 523 g/mol. The highest BCUT2D eigenvalue weighted by Crippen LogP contribution is 2.36. The van der Waals surface area contributed by atoms with Gasteiger partial charge in [-0.05, 0) is 46.6 Å². The largest absolute Gasteiger partial charge is 0.341 e. The molecule has 0 saturated carbocycles. The van der Waals surface area contributed by atoms with Crippen molar-refractivity contribution >= 4 is 50.9 Å². The minimum Gasteiger partial charge on any atom is -0.341 e. The average Bonchev–Trinajstić information content (AvgIpc) is 3.16. The zero-order valence-corrected chi connectivity index (χ0v) is 18.9. The number of aryl methyl sites for hydroxylation is 1. The van der Waals surface area contributed by atoms with Crippen molar-refractivity contribution in [2.45, 2.75) is 22.9 Å². The summed E-state index contributed by atoms with van der Waals surface area (Å²) in [6.45, 7) is 0.854. The number of hydrogen-bond acceptors (Lipinski definition) is 5. The number of rotatable bonds is 7. The molecular weight excluding hydrogens is 505 g/mol. The lowest BCUT2D eigenvalue weighted by molar-refractivity contribution is -0.742. The number of imidazole rings is 1. The Labute approximate surface area is 190 Å². The Morgan fingerprint density at radius 1 is 1.45 bits per heavy atom. The van der Waals surface area contributed by atoms with Gasteiger partial charge in [-0.3, -0.25) is 0 Å². The molecule has 2 unspecified atom stereocenters. The van der Waals surface area contributed by atoms with E-state index >= 15 is 0 Å². The lowest BCUT2D eigenvalue weighted by Gasteiger charge is -2.27. The molecule has 0 fully saturated rings. The highest BCUT2D eigenvalue weighted by molar-refractivity contribution is 9.10. The second kappa shape index (κ2) is 11.6. The zero-order valence-electron chi connectivity index (χ0n) is 15.0. The van der Waals surface area contributed by atoms with Gasteiger partial charge in [0.25, 0.3) is 5.09 Å². The van der Waals surface area contributed by atoms with Crippen LogP contribution >= 0.6 is 50.9 Å². The number of halogens is 3. The van der Waals surface area contributed by atoms with Gasteiger partial charge in [0, 0.05) is 39.3 Å². The fourth-order valence-corrected chi connectivity index (χ4v) is 4.56. The van der Waals surface area contributed by atoms with Crippen LogP contribution in [0.5, 0.6) is 0 Å². The van der Waals surface area contributed by atoms with E-state index in [1.54, 1.807) is 30.4 Å². The van der Waals surface area contributed by atoms with Crippen LogP contribution in [0, 0.1) is 16.0 Å². The molecule has 0 radical (unpaired) electrons.